The van der Waals surface area contributed by atoms with Gasteiger partial charge in [-0.3, -0.25) is 4.79 Å². The van der Waals surface area contributed by atoms with Gasteiger partial charge in [0.2, 0.25) is 6.29 Å². The number of fused-ring (bicyclic) bond motifs is 1. The van der Waals surface area contributed by atoms with Crippen molar-refractivity contribution in [3.05, 3.63) is 64.9 Å². The van der Waals surface area contributed by atoms with Crippen molar-refractivity contribution < 1.29 is 29.3 Å². The van der Waals surface area contributed by atoms with Gasteiger partial charge in [0.15, 0.2) is 5.78 Å². The van der Waals surface area contributed by atoms with Gasteiger partial charge in [0.25, 0.3) is 0 Å². The summed E-state index contributed by atoms with van der Waals surface area (Å²) in [6.07, 6.45) is 0.584. The van der Waals surface area contributed by atoms with Crippen LogP contribution in [0.5, 0.6) is 11.5 Å². The first-order valence-electron chi connectivity index (χ1n) is 8.37. The fourth-order valence-corrected chi connectivity index (χ4v) is 2.74. The number of benzene rings is 2. The Kier molecular flexibility index (Phi) is 5.14. The summed E-state index contributed by atoms with van der Waals surface area (Å²) < 4.78 is 11.3. The summed E-state index contributed by atoms with van der Waals surface area (Å²) in [4.78, 5) is 23.9. The lowest BCUT2D eigenvalue weighted by Gasteiger charge is -2.27. The number of aryl methyl sites for hydroxylation is 1. The normalized spacial score (nSPS) is 17.3. The van der Waals surface area contributed by atoms with Crippen LogP contribution in [-0.2, 0) is 4.74 Å². The number of carbonyl (C=O) groups is 2. The topological polar surface area (TPSA) is 105 Å². The van der Waals surface area contributed by atoms with Crippen LogP contribution in [-0.4, -0.2) is 34.9 Å². The molecule has 0 spiro atoms. The second kappa shape index (κ2) is 7.51. The molecular weight excluding hydrogens is 350 g/mol. The largest absolute Gasteiger partial charge is 0.507 e. The van der Waals surface area contributed by atoms with Crippen LogP contribution in [0.1, 0.15) is 33.2 Å². The number of hydrogen-bond donors (Lipinski definition) is 3. The molecule has 27 heavy (non-hydrogen) atoms. The summed E-state index contributed by atoms with van der Waals surface area (Å²) in [5.74, 6) is -1.36. The Morgan fingerprint density at radius 3 is 2.74 bits per heavy atom. The van der Waals surface area contributed by atoms with E-state index in [1.165, 1.54) is 24.4 Å². The van der Waals surface area contributed by atoms with E-state index in [4.69, 9.17) is 14.6 Å². The van der Waals surface area contributed by atoms with Crippen LogP contribution in [0.4, 0.5) is 5.69 Å². The summed E-state index contributed by atoms with van der Waals surface area (Å²) in [5, 5.41) is 21.6. The van der Waals surface area contributed by atoms with Crippen LogP contribution >= 0.6 is 0 Å². The molecule has 1 heterocycles. The molecule has 0 aliphatic carbocycles. The average Bonchev–Trinajstić information content (AvgIpc) is 2.62. The molecule has 0 saturated heterocycles. The number of aromatic hydroxyl groups is 1. The molecule has 1 aliphatic rings. The third kappa shape index (κ3) is 3.78. The highest BCUT2D eigenvalue weighted by atomic mass is 16.7. The number of anilines is 1. The number of Topliss-reactive ketones (excluding diaryl/α,β-unsaturated/α-hetero) is 1. The number of carboxylic acid groups (broad SMARTS) is 1. The van der Waals surface area contributed by atoms with E-state index >= 15 is 0 Å². The van der Waals surface area contributed by atoms with Crippen molar-refractivity contribution in [2.75, 3.05) is 11.9 Å². The standard InChI is InChI=1S/C20H19NO6/c1-3-26-20-15(18(23)14-8-11(2)4-7-17(14)27-20)10-21-12-5-6-13(19(24)25)16(22)9-12/h4-10,20-22H,3H2,1-2H3,(H,24,25)/t20-/m0/s1. The van der Waals surface area contributed by atoms with Crippen LogP contribution in [0.2, 0.25) is 0 Å². The van der Waals surface area contributed by atoms with Crippen molar-refractivity contribution in [3.63, 3.8) is 0 Å². The molecular formula is C20H19NO6. The molecule has 0 aromatic heterocycles. The van der Waals surface area contributed by atoms with Crippen molar-refractivity contribution in [1.82, 2.24) is 0 Å². The summed E-state index contributed by atoms with van der Waals surface area (Å²) in [7, 11) is 0. The second-order valence-corrected chi connectivity index (χ2v) is 6.01. The van der Waals surface area contributed by atoms with Crippen molar-refractivity contribution in [2.24, 2.45) is 0 Å². The lowest BCUT2D eigenvalue weighted by molar-refractivity contribution is -0.0509. The van der Waals surface area contributed by atoms with Crippen LogP contribution in [0.25, 0.3) is 0 Å². The van der Waals surface area contributed by atoms with E-state index in [1.54, 1.807) is 19.1 Å². The monoisotopic (exact) mass is 369 g/mol. The first-order valence-corrected chi connectivity index (χ1v) is 8.37. The molecule has 140 valence electrons. The minimum atomic E-state index is -1.23. The fourth-order valence-electron chi connectivity index (χ4n) is 2.74. The van der Waals surface area contributed by atoms with E-state index < -0.39 is 12.3 Å². The molecule has 1 aliphatic heterocycles. The van der Waals surface area contributed by atoms with Gasteiger partial charge in [-0.15, -0.1) is 0 Å². The second-order valence-electron chi connectivity index (χ2n) is 6.01. The van der Waals surface area contributed by atoms with Gasteiger partial charge in [0.1, 0.15) is 17.1 Å². The molecule has 0 amide bonds. The lowest BCUT2D eigenvalue weighted by Crippen LogP contribution is -2.33. The predicted molar refractivity (Wildman–Crippen MR) is 98.3 cm³/mol. The third-order valence-electron chi connectivity index (χ3n) is 4.07. The number of nitrogens with one attached hydrogen (secondary N) is 1. The van der Waals surface area contributed by atoms with Crippen molar-refractivity contribution in [2.45, 2.75) is 20.1 Å². The van der Waals surface area contributed by atoms with Crippen LogP contribution in [0.15, 0.2) is 48.2 Å². The van der Waals surface area contributed by atoms with Crippen LogP contribution in [0, 0.1) is 6.92 Å². The highest BCUT2D eigenvalue weighted by molar-refractivity contribution is 6.12. The zero-order chi connectivity index (χ0) is 19.6. The maximum atomic E-state index is 12.9. The molecule has 0 unspecified atom stereocenters. The first-order chi connectivity index (χ1) is 12.9. The molecule has 0 radical (unpaired) electrons. The van der Waals surface area contributed by atoms with E-state index in [2.05, 4.69) is 5.32 Å². The number of ketones is 1. The van der Waals surface area contributed by atoms with Crippen molar-refractivity contribution in [3.8, 4) is 11.5 Å². The molecule has 3 N–H and O–H groups in total. The van der Waals surface area contributed by atoms with Gasteiger partial charge in [-0.25, -0.2) is 4.79 Å². The number of hydrogen-bond acceptors (Lipinski definition) is 6. The van der Waals surface area contributed by atoms with Gasteiger partial charge in [-0.05, 0) is 38.1 Å². The summed E-state index contributed by atoms with van der Waals surface area (Å²) in [5.41, 5.74) is 1.87. The van der Waals surface area contributed by atoms with Gasteiger partial charge < -0.3 is 25.0 Å². The Balaban J connectivity index is 1.91. The number of aromatic carboxylic acids is 1. The minimum absolute atomic E-state index is 0.207. The molecule has 2 aromatic carbocycles. The molecule has 0 bridgehead atoms. The molecule has 7 heteroatoms. The molecule has 3 rings (SSSR count). The Morgan fingerprint density at radius 2 is 2.07 bits per heavy atom. The number of carboxylic acids is 1. The lowest BCUT2D eigenvalue weighted by atomic mass is 9.98. The Labute approximate surface area is 155 Å². The van der Waals surface area contributed by atoms with Crippen LogP contribution < -0.4 is 10.1 Å². The van der Waals surface area contributed by atoms with Crippen molar-refractivity contribution in [1.29, 1.82) is 0 Å². The van der Waals surface area contributed by atoms with E-state index in [-0.39, 0.29) is 22.7 Å². The average molecular weight is 369 g/mol. The van der Waals surface area contributed by atoms with Crippen molar-refractivity contribution >= 4 is 17.4 Å². The van der Waals surface area contributed by atoms with E-state index in [9.17, 15) is 14.7 Å². The Morgan fingerprint density at radius 1 is 1.30 bits per heavy atom. The highest BCUT2D eigenvalue weighted by Gasteiger charge is 2.32. The number of carbonyl (C=O) groups excluding carboxylic acids is 1. The van der Waals surface area contributed by atoms with E-state index in [0.29, 0.717) is 23.6 Å². The smallest absolute Gasteiger partial charge is 0.339 e. The van der Waals surface area contributed by atoms with E-state index in [1.807, 2.05) is 13.0 Å². The van der Waals surface area contributed by atoms with E-state index in [0.717, 1.165) is 5.56 Å². The van der Waals surface area contributed by atoms with Gasteiger partial charge in [0.05, 0.1) is 11.1 Å². The quantitative estimate of drug-likeness (QED) is 0.694. The minimum Gasteiger partial charge on any atom is -0.507 e. The van der Waals surface area contributed by atoms with Gasteiger partial charge in [0, 0.05) is 24.6 Å². The number of rotatable bonds is 5. The predicted octanol–water partition coefficient (Wildman–Crippen LogP) is 3.33. The fraction of sp³-hybridized carbons (Fsp3) is 0.200. The Bertz CT molecular complexity index is 934. The summed E-state index contributed by atoms with van der Waals surface area (Å²) in [6, 6.07) is 9.37. The third-order valence-corrected chi connectivity index (χ3v) is 4.07. The zero-order valence-corrected chi connectivity index (χ0v) is 14.9. The molecule has 2 aromatic rings. The molecule has 1 atom stereocenters. The maximum absolute atomic E-state index is 12.9. The maximum Gasteiger partial charge on any atom is 0.339 e. The van der Waals surface area contributed by atoms with Gasteiger partial charge >= 0.3 is 5.97 Å². The number of phenols is 1. The Hall–Kier alpha value is -3.32. The highest BCUT2D eigenvalue weighted by Crippen LogP contribution is 2.32. The SMILES string of the molecule is CCO[C@H]1Oc2ccc(C)cc2C(=O)C1=CNc1ccc(C(=O)O)c(O)c1. The van der Waals surface area contributed by atoms with Gasteiger partial charge in [-0.2, -0.15) is 0 Å². The summed E-state index contributed by atoms with van der Waals surface area (Å²) >= 11 is 0. The summed E-state index contributed by atoms with van der Waals surface area (Å²) in [6.45, 7) is 4.04. The van der Waals surface area contributed by atoms with Gasteiger partial charge in [-0.1, -0.05) is 11.6 Å². The molecule has 0 fully saturated rings. The zero-order valence-electron chi connectivity index (χ0n) is 14.9. The molecule has 0 saturated carbocycles. The first kappa shape index (κ1) is 18.5. The molecule has 7 nitrogen and oxygen atoms in total. The van der Waals surface area contributed by atoms with Crippen LogP contribution in [0.3, 0.4) is 0 Å². The number of ether oxygens (including phenoxy) is 2.